The van der Waals surface area contributed by atoms with Crippen LogP contribution < -0.4 is 11.1 Å². The zero-order valence-corrected chi connectivity index (χ0v) is 11.6. The Kier molecular flexibility index (Phi) is 5.56. The van der Waals surface area contributed by atoms with E-state index < -0.39 is 23.7 Å². The van der Waals surface area contributed by atoms with Gasteiger partial charge in [-0.25, -0.2) is 0 Å². The summed E-state index contributed by atoms with van der Waals surface area (Å²) in [4.78, 5) is 11.7. The average molecular weight is 288 g/mol. The number of alkyl halides is 3. The van der Waals surface area contributed by atoms with E-state index in [4.69, 9.17) is 5.73 Å². The van der Waals surface area contributed by atoms with Crippen LogP contribution in [0.5, 0.6) is 0 Å². The Morgan fingerprint density at radius 3 is 2.60 bits per heavy atom. The molecule has 1 rings (SSSR count). The Hall–Kier alpha value is -1.56. The lowest BCUT2D eigenvalue weighted by atomic mass is 10.1. The molecule has 1 aromatic carbocycles. The van der Waals surface area contributed by atoms with Gasteiger partial charge in [-0.05, 0) is 31.0 Å². The van der Waals surface area contributed by atoms with Crippen LogP contribution in [0.1, 0.15) is 37.3 Å². The molecule has 0 radical (unpaired) electrons. The molecule has 0 heterocycles. The molecule has 0 aliphatic carbocycles. The van der Waals surface area contributed by atoms with Gasteiger partial charge in [-0.3, -0.25) is 4.79 Å². The standard InChI is InChI=1S/C14H19F3N2O/c1-3-4-5-12(18)13(20)19-10-7-6-9(2)11(8-10)14(15,16)17/h6-8,12H,3-5,18H2,1-2H3,(H,19,20). The second kappa shape index (κ2) is 6.74. The first kappa shape index (κ1) is 16.5. The molecular weight excluding hydrogens is 269 g/mol. The number of carbonyl (C=O) groups is 1. The minimum Gasteiger partial charge on any atom is -0.325 e. The molecule has 0 spiro atoms. The Morgan fingerprint density at radius 2 is 2.05 bits per heavy atom. The van der Waals surface area contributed by atoms with Crippen molar-refractivity contribution >= 4 is 11.6 Å². The summed E-state index contributed by atoms with van der Waals surface area (Å²) in [5.74, 6) is -0.463. The molecule has 0 aliphatic heterocycles. The number of amides is 1. The highest BCUT2D eigenvalue weighted by Gasteiger charge is 2.32. The first-order chi connectivity index (χ1) is 9.25. The molecule has 1 amide bonds. The van der Waals surface area contributed by atoms with Crippen molar-refractivity contribution in [3.63, 3.8) is 0 Å². The summed E-state index contributed by atoms with van der Waals surface area (Å²) in [5, 5.41) is 2.43. The van der Waals surface area contributed by atoms with E-state index >= 15 is 0 Å². The van der Waals surface area contributed by atoms with Crippen molar-refractivity contribution in [3.05, 3.63) is 29.3 Å². The molecule has 3 nitrogen and oxygen atoms in total. The number of benzene rings is 1. The Balaban J connectivity index is 2.81. The number of halogens is 3. The molecule has 0 fully saturated rings. The van der Waals surface area contributed by atoms with Crippen LogP contribution in [0.25, 0.3) is 0 Å². The highest BCUT2D eigenvalue weighted by molar-refractivity contribution is 5.94. The van der Waals surface area contributed by atoms with Gasteiger partial charge in [-0.15, -0.1) is 0 Å². The highest BCUT2D eigenvalue weighted by atomic mass is 19.4. The van der Waals surface area contributed by atoms with E-state index in [1.54, 1.807) is 0 Å². The van der Waals surface area contributed by atoms with Gasteiger partial charge in [-0.2, -0.15) is 13.2 Å². The van der Waals surface area contributed by atoms with Crippen LogP contribution in [0.2, 0.25) is 0 Å². The summed E-state index contributed by atoms with van der Waals surface area (Å²) in [6.07, 6.45) is -2.21. The SMILES string of the molecule is CCCCC(N)C(=O)Nc1ccc(C)c(C(F)(F)F)c1. The van der Waals surface area contributed by atoms with Crippen molar-refractivity contribution in [1.82, 2.24) is 0 Å². The average Bonchev–Trinajstić information content (AvgIpc) is 2.36. The first-order valence-corrected chi connectivity index (χ1v) is 6.50. The van der Waals surface area contributed by atoms with Crippen LogP contribution in [0.4, 0.5) is 18.9 Å². The van der Waals surface area contributed by atoms with Gasteiger partial charge >= 0.3 is 6.18 Å². The smallest absolute Gasteiger partial charge is 0.325 e. The topological polar surface area (TPSA) is 55.1 Å². The Bertz CT molecular complexity index is 472. The number of rotatable bonds is 5. The molecule has 20 heavy (non-hydrogen) atoms. The van der Waals surface area contributed by atoms with Gasteiger partial charge in [0.15, 0.2) is 0 Å². The quantitative estimate of drug-likeness (QED) is 0.871. The van der Waals surface area contributed by atoms with Crippen LogP contribution in [0.3, 0.4) is 0 Å². The van der Waals surface area contributed by atoms with Crippen molar-refractivity contribution in [1.29, 1.82) is 0 Å². The summed E-state index contributed by atoms with van der Waals surface area (Å²) in [5.41, 5.74) is 5.15. The molecule has 1 aromatic rings. The van der Waals surface area contributed by atoms with E-state index in [1.165, 1.54) is 19.1 Å². The van der Waals surface area contributed by atoms with Crippen LogP contribution >= 0.6 is 0 Å². The molecule has 1 unspecified atom stereocenters. The normalized spacial score (nSPS) is 13.1. The lowest BCUT2D eigenvalue weighted by Crippen LogP contribution is -2.35. The number of hydrogen-bond donors (Lipinski definition) is 2. The van der Waals surface area contributed by atoms with Crippen LogP contribution in [-0.4, -0.2) is 11.9 Å². The molecule has 112 valence electrons. The molecule has 0 aromatic heterocycles. The first-order valence-electron chi connectivity index (χ1n) is 6.50. The number of aryl methyl sites for hydroxylation is 1. The minimum atomic E-state index is -4.44. The second-order valence-corrected chi connectivity index (χ2v) is 4.77. The third-order valence-corrected chi connectivity index (χ3v) is 3.02. The highest BCUT2D eigenvalue weighted by Crippen LogP contribution is 2.33. The lowest BCUT2D eigenvalue weighted by Gasteiger charge is -2.15. The predicted octanol–water partition coefficient (Wildman–Crippen LogP) is 3.47. The number of anilines is 1. The van der Waals surface area contributed by atoms with Crippen molar-refractivity contribution in [2.45, 2.75) is 45.3 Å². The number of hydrogen-bond acceptors (Lipinski definition) is 2. The molecular formula is C14H19F3N2O. The minimum absolute atomic E-state index is 0.111. The molecule has 6 heteroatoms. The largest absolute Gasteiger partial charge is 0.416 e. The fourth-order valence-electron chi connectivity index (χ4n) is 1.80. The summed E-state index contributed by atoms with van der Waals surface area (Å²) in [6.45, 7) is 3.35. The van der Waals surface area contributed by atoms with Gasteiger partial charge in [0.05, 0.1) is 11.6 Å². The predicted molar refractivity (Wildman–Crippen MR) is 72.3 cm³/mol. The fourth-order valence-corrected chi connectivity index (χ4v) is 1.80. The summed E-state index contributed by atoms with van der Waals surface area (Å²) in [7, 11) is 0. The monoisotopic (exact) mass is 288 g/mol. The van der Waals surface area contributed by atoms with E-state index in [0.29, 0.717) is 6.42 Å². The van der Waals surface area contributed by atoms with Gasteiger partial charge < -0.3 is 11.1 Å². The van der Waals surface area contributed by atoms with Gasteiger partial charge in [0.2, 0.25) is 5.91 Å². The van der Waals surface area contributed by atoms with Gasteiger partial charge in [-0.1, -0.05) is 25.8 Å². The van der Waals surface area contributed by atoms with Crippen molar-refractivity contribution in [2.24, 2.45) is 5.73 Å². The Labute approximate surface area is 116 Å². The zero-order valence-electron chi connectivity index (χ0n) is 11.6. The van der Waals surface area contributed by atoms with Crippen molar-refractivity contribution in [2.75, 3.05) is 5.32 Å². The molecule has 1 atom stereocenters. The maximum atomic E-state index is 12.8. The van der Waals surface area contributed by atoms with Gasteiger partial charge in [0.25, 0.3) is 0 Å². The number of unbranched alkanes of at least 4 members (excludes halogenated alkanes) is 1. The second-order valence-electron chi connectivity index (χ2n) is 4.77. The van der Waals surface area contributed by atoms with E-state index in [-0.39, 0.29) is 11.3 Å². The number of carbonyl (C=O) groups excluding carboxylic acids is 1. The summed E-state index contributed by atoms with van der Waals surface area (Å²) >= 11 is 0. The number of nitrogens with one attached hydrogen (secondary N) is 1. The van der Waals surface area contributed by atoms with Gasteiger partial charge in [0, 0.05) is 5.69 Å². The third kappa shape index (κ3) is 4.52. The molecule has 0 saturated heterocycles. The maximum Gasteiger partial charge on any atom is 0.416 e. The summed E-state index contributed by atoms with van der Waals surface area (Å²) in [6, 6.07) is 3.00. The summed E-state index contributed by atoms with van der Waals surface area (Å²) < 4.78 is 38.3. The molecule has 3 N–H and O–H groups in total. The molecule has 0 aliphatic rings. The lowest BCUT2D eigenvalue weighted by molar-refractivity contribution is -0.138. The van der Waals surface area contributed by atoms with E-state index in [1.807, 2.05) is 6.92 Å². The third-order valence-electron chi connectivity index (χ3n) is 3.02. The van der Waals surface area contributed by atoms with Gasteiger partial charge in [0.1, 0.15) is 0 Å². The zero-order chi connectivity index (χ0) is 15.3. The van der Waals surface area contributed by atoms with E-state index in [9.17, 15) is 18.0 Å². The van der Waals surface area contributed by atoms with Crippen LogP contribution in [-0.2, 0) is 11.0 Å². The molecule has 0 saturated carbocycles. The Morgan fingerprint density at radius 1 is 1.40 bits per heavy atom. The van der Waals surface area contributed by atoms with Crippen LogP contribution in [0, 0.1) is 6.92 Å². The molecule has 0 bridgehead atoms. The fraction of sp³-hybridized carbons (Fsp3) is 0.500. The van der Waals surface area contributed by atoms with E-state index in [0.717, 1.165) is 18.9 Å². The van der Waals surface area contributed by atoms with Crippen molar-refractivity contribution < 1.29 is 18.0 Å². The van der Waals surface area contributed by atoms with E-state index in [2.05, 4.69) is 5.32 Å². The van der Waals surface area contributed by atoms with Crippen molar-refractivity contribution in [3.8, 4) is 0 Å². The maximum absolute atomic E-state index is 12.8. The number of nitrogens with two attached hydrogens (primary N) is 1. The van der Waals surface area contributed by atoms with Crippen LogP contribution in [0.15, 0.2) is 18.2 Å².